The average molecular weight is 354 g/mol. The van der Waals surface area contributed by atoms with Crippen LogP contribution in [0.25, 0.3) is 0 Å². The number of fused-ring (bicyclic) bond motifs is 2. The van der Waals surface area contributed by atoms with Gasteiger partial charge in [0.15, 0.2) is 0 Å². The number of anilines is 1. The van der Waals surface area contributed by atoms with Crippen LogP contribution in [0, 0.1) is 0 Å². The highest BCUT2D eigenvalue weighted by atomic mass is 16.5. The number of hydrogen-bond acceptors (Lipinski definition) is 5. The second-order valence-electron chi connectivity index (χ2n) is 6.84. The first-order valence-electron chi connectivity index (χ1n) is 8.95. The van der Waals surface area contributed by atoms with E-state index in [1.807, 2.05) is 29.2 Å². The van der Waals surface area contributed by atoms with Crippen LogP contribution in [-0.4, -0.2) is 39.9 Å². The minimum Gasteiger partial charge on any atom is -0.487 e. The summed E-state index contributed by atoms with van der Waals surface area (Å²) in [6.45, 7) is 3.33. The summed E-state index contributed by atoms with van der Waals surface area (Å²) in [4.78, 5) is 33.3. The Morgan fingerprint density at radius 2 is 2.08 bits per heavy atom. The van der Waals surface area contributed by atoms with Crippen molar-refractivity contribution in [1.82, 2.24) is 14.9 Å². The Labute approximate surface area is 151 Å². The normalized spacial score (nSPS) is 16.9. The van der Waals surface area contributed by atoms with Gasteiger partial charge in [-0.1, -0.05) is 18.2 Å². The number of benzene rings is 1. The molecule has 0 radical (unpaired) electrons. The van der Waals surface area contributed by atoms with Gasteiger partial charge in [0.2, 0.25) is 11.9 Å². The molecule has 2 aliphatic rings. The fraction of sp³-hybridized carbons (Fsp3) is 0.421. The van der Waals surface area contributed by atoms with Gasteiger partial charge in [0.05, 0.1) is 5.69 Å². The number of para-hydroxylation sites is 1. The highest BCUT2D eigenvalue weighted by molar-refractivity contribution is 5.73. The van der Waals surface area contributed by atoms with Crippen LogP contribution in [0.15, 0.2) is 29.1 Å². The number of rotatable bonds is 2. The van der Waals surface area contributed by atoms with Crippen molar-refractivity contribution in [3.8, 4) is 5.75 Å². The molecule has 0 bridgehead atoms. The monoisotopic (exact) mass is 354 g/mol. The Morgan fingerprint density at radius 1 is 1.31 bits per heavy atom. The summed E-state index contributed by atoms with van der Waals surface area (Å²) in [5, 5.41) is 3.31. The van der Waals surface area contributed by atoms with Crippen LogP contribution in [0.2, 0.25) is 0 Å². The highest BCUT2D eigenvalue weighted by Gasteiger charge is 2.23. The fourth-order valence-electron chi connectivity index (χ4n) is 3.57. The molecule has 3 heterocycles. The van der Waals surface area contributed by atoms with E-state index in [2.05, 4.69) is 15.3 Å². The van der Waals surface area contributed by atoms with E-state index in [9.17, 15) is 9.59 Å². The second kappa shape index (κ2) is 6.82. The first kappa shape index (κ1) is 16.6. The molecule has 2 aliphatic heterocycles. The molecule has 2 N–H and O–H groups in total. The molecule has 2 aromatic rings. The smallest absolute Gasteiger partial charge is 0.256 e. The van der Waals surface area contributed by atoms with Crippen molar-refractivity contribution >= 4 is 11.9 Å². The molecule has 0 spiro atoms. The molecule has 136 valence electrons. The van der Waals surface area contributed by atoms with E-state index in [-0.39, 0.29) is 24.1 Å². The van der Waals surface area contributed by atoms with E-state index in [0.29, 0.717) is 23.6 Å². The van der Waals surface area contributed by atoms with Crippen molar-refractivity contribution in [2.45, 2.75) is 38.8 Å². The molecule has 0 atom stereocenters. The van der Waals surface area contributed by atoms with Crippen LogP contribution in [0.4, 0.5) is 5.95 Å². The van der Waals surface area contributed by atoms with Gasteiger partial charge in [-0.15, -0.1) is 0 Å². The van der Waals surface area contributed by atoms with Gasteiger partial charge in [-0.25, -0.2) is 4.98 Å². The molecular weight excluding hydrogens is 332 g/mol. The zero-order chi connectivity index (χ0) is 18.1. The lowest BCUT2D eigenvalue weighted by Gasteiger charge is -2.31. The van der Waals surface area contributed by atoms with Crippen molar-refractivity contribution in [3.63, 3.8) is 0 Å². The lowest BCUT2D eigenvalue weighted by molar-refractivity contribution is -0.129. The summed E-state index contributed by atoms with van der Waals surface area (Å²) in [6.07, 6.45) is 2.19. The number of amides is 1. The van der Waals surface area contributed by atoms with Crippen LogP contribution in [0.5, 0.6) is 5.75 Å². The molecule has 7 nitrogen and oxygen atoms in total. The van der Waals surface area contributed by atoms with Crippen molar-refractivity contribution in [2.75, 3.05) is 18.4 Å². The molecule has 1 amide bonds. The molecule has 7 heteroatoms. The topological polar surface area (TPSA) is 87.3 Å². The van der Waals surface area contributed by atoms with Gasteiger partial charge in [-0.05, 0) is 24.5 Å². The first-order chi connectivity index (χ1) is 12.6. The molecule has 26 heavy (non-hydrogen) atoms. The van der Waals surface area contributed by atoms with E-state index in [0.717, 1.165) is 37.2 Å². The molecule has 0 aliphatic carbocycles. The molecule has 0 unspecified atom stereocenters. The molecule has 1 aromatic heterocycles. The van der Waals surface area contributed by atoms with E-state index in [1.54, 1.807) is 6.92 Å². The summed E-state index contributed by atoms with van der Waals surface area (Å²) >= 11 is 0. The van der Waals surface area contributed by atoms with Gasteiger partial charge in [-0.3, -0.25) is 14.6 Å². The number of nitrogens with zero attached hydrogens (tertiary/aromatic N) is 2. The number of carbonyl (C=O) groups excluding carboxylic acids is 1. The minimum absolute atomic E-state index is 0.108. The SMILES string of the molecule is CC(=O)N1CCC(Nc2nc3c(c(=O)[nH]2)Cc2ccccc2OC3)CC1. The number of likely N-dealkylation sites (tertiary alicyclic amines) is 1. The van der Waals surface area contributed by atoms with Crippen molar-refractivity contribution in [1.29, 1.82) is 0 Å². The standard InChI is InChI=1S/C19H22N4O3/c1-12(24)23-8-6-14(7-9-23)20-19-21-16-11-26-17-5-3-2-4-13(17)10-15(16)18(25)22-19/h2-5,14H,6-11H2,1H3,(H2,20,21,22,25). The highest BCUT2D eigenvalue weighted by Crippen LogP contribution is 2.26. The quantitative estimate of drug-likeness (QED) is 0.857. The van der Waals surface area contributed by atoms with Crippen LogP contribution >= 0.6 is 0 Å². The number of aromatic nitrogens is 2. The third-order valence-electron chi connectivity index (χ3n) is 5.09. The lowest BCUT2D eigenvalue weighted by atomic mass is 10.0. The Balaban J connectivity index is 1.51. The third kappa shape index (κ3) is 3.29. The maximum absolute atomic E-state index is 12.6. The largest absolute Gasteiger partial charge is 0.487 e. The molecular formula is C19H22N4O3. The van der Waals surface area contributed by atoms with Crippen molar-refractivity contribution in [2.24, 2.45) is 0 Å². The van der Waals surface area contributed by atoms with Gasteiger partial charge in [0, 0.05) is 38.0 Å². The lowest BCUT2D eigenvalue weighted by Crippen LogP contribution is -2.41. The summed E-state index contributed by atoms with van der Waals surface area (Å²) in [7, 11) is 0. The Morgan fingerprint density at radius 3 is 2.85 bits per heavy atom. The van der Waals surface area contributed by atoms with Crippen LogP contribution in [-0.2, 0) is 17.8 Å². The van der Waals surface area contributed by atoms with Gasteiger partial charge in [0.25, 0.3) is 5.56 Å². The third-order valence-corrected chi connectivity index (χ3v) is 5.09. The van der Waals surface area contributed by atoms with Crippen molar-refractivity contribution in [3.05, 3.63) is 51.4 Å². The zero-order valence-electron chi connectivity index (χ0n) is 14.7. The summed E-state index contributed by atoms with van der Waals surface area (Å²) in [5.41, 5.74) is 2.20. The molecule has 1 saturated heterocycles. The predicted molar refractivity (Wildman–Crippen MR) is 97.3 cm³/mol. The van der Waals surface area contributed by atoms with E-state index >= 15 is 0 Å². The minimum atomic E-state index is -0.126. The summed E-state index contributed by atoms with van der Waals surface area (Å²) in [6, 6.07) is 7.94. The summed E-state index contributed by atoms with van der Waals surface area (Å²) < 4.78 is 5.83. The maximum Gasteiger partial charge on any atom is 0.256 e. The van der Waals surface area contributed by atoms with E-state index in [1.165, 1.54) is 0 Å². The van der Waals surface area contributed by atoms with Gasteiger partial charge >= 0.3 is 0 Å². The number of aromatic amines is 1. The molecule has 1 aromatic carbocycles. The number of nitrogens with one attached hydrogen (secondary N) is 2. The fourth-order valence-corrected chi connectivity index (χ4v) is 3.57. The first-order valence-corrected chi connectivity index (χ1v) is 8.95. The predicted octanol–water partition coefficient (Wildman–Crippen LogP) is 1.68. The Kier molecular flexibility index (Phi) is 4.36. The van der Waals surface area contributed by atoms with Crippen LogP contribution in [0.3, 0.4) is 0 Å². The number of carbonyl (C=O) groups is 1. The van der Waals surface area contributed by atoms with Gasteiger partial charge in [-0.2, -0.15) is 0 Å². The summed E-state index contributed by atoms with van der Waals surface area (Å²) in [5.74, 6) is 1.39. The zero-order valence-corrected chi connectivity index (χ0v) is 14.7. The average Bonchev–Trinajstić information content (AvgIpc) is 2.82. The van der Waals surface area contributed by atoms with E-state index in [4.69, 9.17) is 4.74 Å². The Bertz CT molecular complexity index is 885. The Hall–Kier alpha value is -2.83. The number of piperidine rings is 1. The van der Waals surface area contributed by atoms with Crippen molar-refractivity contribution < 1.29 is 9.53 Å². The molecule has 0 saturated carbocycles. The van der Waals surface area contributed by atoms with Crippen LogP contribution < -0.4 is 15.6 Å². The van der Waals surface area contributed by atoms with Crippen LogP contribution in [0.1, 0.15) is 36.6 Å². The maximum atomic E-state index is 12.6. The van der Waals surface area contributed by atoms with Gasteiger partial charge in [0.1, 0.15) is 12.4 Å². The van der Waals surface area contributed by atoms with E-state index < -0.39 is 0 Å². The second-order valence-corrected chi connectivity index (χ2v) is 6.84. The number of H-pyrrole nitrogens is 1. The number of ether oxygens (including phenoxy) is 1. The van der Waals surface area contributed by atoms with Gasteiger partial charge < -0.3 is 15.0 Å². The molecule has 1 fully saturated rings. The number of hydrogen-bond donors (Lipinski definition) is 2. The molecule has 4 rings (SSSR count).